The molecule has 0 radical (unpaired) electrons. The highest BCUT2D eigenvalue weighted by atomic mass is 35.5. The summed E-state index contributed by atoms with van der Waals surface area (Å²) >= 11 is 6.27. The second-order valence-corrected chi connectivity index (χ2v) is 7.53. The molecule has 2 heterocycles. The Labute approximate surface area is 184 Å². The molecule has 0 aliphatic heterocycles. The van der Waals surface area contributed by atoms with E-state index in [1.807, 2.05) is 60.7 Å². The molecule has 0 fully saturated rings. The van der Waals surface area contributed by atoms with Crippen LogP contribution in [0.5, 0.6) is 0 Å². The maximum atomic E-state index is 12.3. The molecule has 5 aromatic rings. The van der Waals surface area contributed by atoms with E-state index in [-0.39, 0.29) is 11.7 Å². The van der Waals surface area contributed by atoms with Gasteiger partial charge in [-0.1, -0.05) is 54.1 Å². The van der Waals surface area contributed by atoms with Crippen molar-refractivity contribution < 1.29 is 9.21 Å². The molecule has 0 spiro atoms. The van der Waals surface area contributed by atoms with Crippen molar-refractivity contribution in [3.05, 3.63) is 108 Å². The Morgan fingerprint density at radius 1 is 0.839 bits per heavy atom. The first-order valence-corrected chi connectivity index (χ1v) is 10.2. The van der Waals surface area contributed by atoms with Crippen LogP contribution in [0.1, 0.15) is 10.6 Å². The van der Waals surface area contributed by atoms with Gasteiger partial charge < -0.3 is 9.73 Å². The molecule has 0 bridgehead atoms. The average Bonchev–Trinajstić information content (AvgIpc) is 3.34. The molecule has 0 aliphatic carbocycles. The number of rotatable bonds is 4. The molecule has 0 unspecified atom stereocenters. The van der Waals surface area contributed by atoms with Crippen LogP contribution in [-0.4, -0.2) is 10.9 Å². The summed E-state index contributed by atoms with van der Waals surface area (Å²) in [6.07, 6.45) is 1.47. The smallest absolute Gasteiger partial charge is 0.291 e. The first kappa shape index (κ1) is 19.1. The van der Waals surface area contributed by atoms with E-state index in [9.17, 15) is 4.79 Å². The molecule has 4 nitrogen and oxygen atoms in total. The van der Waals surface area contributed by atoms with Gasteiger partial charge in [0.05, 0.1) is 17.5 Å². The van der Waals surface area contributed by atoms with Crippen LogP contribution in [-0.2, 0) is 0 Å². The minimum atomic E-state index is -0.298. The quantitative estimate of drug-likeness (QED) is 0.335. The van der Waals surface area contributed by atoms with Gasteiger partial charge in [-0.05, 0) is 59.7 Å². The number of nitrogens with zero attached hydrogens (tertiary/aromatic N) is 1. The van der Waals surface area contributed by atoms with E-state index in [1.54, 1.807) is 12.1 Å². The van der Waals surface area contributed by atoms with E-state index in [0.29, 0.717) is 10.7 Å². The molecular weight excluding hydrogens is 408 g/mol. The van der Waals surface area contributed by atoms with E-state index in [1.165, 1.54) is 6.26 Å². The molecule has 0 saturated heterocycles. The topological polar surface area (TPSA) is 55.1 Å². The average molecular weight is 425 g/mol. The summed E-state index contributed by atoms with van der Waals surface area (Å²) in [6, 6.07) is 28.8. The number of carbonyl (C=O) groups is 1. The molecule has 0 saturated carbocycles. The molecule has 0 atom stereocenters. The van der Waals surface area contributed by atoms with Crippen LogP contribution < -0.4 is 5.32 Å². The van der Waals surface area contributed by atoms with Gasteiger partial charge in [0, 0.05) is 21.7 Å². The van der Waals surface area contributed by atoms with Crippen molar-refractivity contribution in [3.8, 4) is 22.4 Å². The Balaban J connectivity index is 1.59. The monoisotopic (exact) mass is 424 g/mol. The molecule has 150 valence electrons. The molecule has 1 N–H and O–H groups in total. The third-order valence-electron chi connectivity index (χ3n) is 5.02. The number of nitrogens with one attached hydrogen (secondary N) is 1. The number of furan rings is 1. The fourth-order valence-corrected chi connectivity index (χ4v) is 3.73. The van der Waals surface area contributed by atoms with Gasteiger partial charge in [-0.25, -0.2) is 4.98 Å². The van der Waals surface area contributed by atoms with E-state index in [4.69, 9.17) is 21.0 Å². The highest BCUT2D eigenvalue weighted by Crippen LogP contribution is 2.34. The number of anilines is 1. The standard InChI is InChI=1S/C26H17ClN2O2/c27-19-11-12-23-22(15-19)21(17-6-2-1-3-7-17)16-24(29-23)18-8-4-9-20(14-18)28-26(30)25-10-5-13-31-25/h1-16H,(H,28,30). The Bertz CT molecular complexity index is 1380. The van der Waals surface area contributed by atoms with E-state index in [2.05, 4.69) is 23.5 Å². The lowest BCUT2D eigenvalue weighted by atomic mass is 9.98. The van der Waals surface area contributed by atoms with Crippen molar-refractivity contribution in [1.29, 1.82) is 0 Å². The molecular formula is C26H17ClN2O2. The molecule has 5 heteroatoms. The van der Waals surface area contributed by atoms with Crippen LogP contribution in [0.15, 0.2) is 102 Å². The number of fused-ring (bicyclic) bond motifs is 1. The second kappa shape index (κ2) is 8.09. The van der Waals surface area contributed by atoms with Gasteiger partial charge >= 0.3 is 0 Å². The third kappa shape index (κ3) is 3.93. The summed E-state index contributed by atoms with van der Waals surface area (Å²) in [5.74, 6) is -0.0364. The summed E-state index contributed by atoms with van der Waals surface area (Å²) in [4.78, 5) is 17.2. The first-order valence-electron chi connectivity index (χ1n) is 9.78. The summed E-state index contributed by atoms with van der Waals surface area (Å²) in [7, 11) is 0. The zero-order chi connectivity index (χ0) is 21.2. The molecule has 2 aromatic heterocycles. The van der Waals surface area contributed by atoms with E-state index < -0.39 is 0 Å². The number of amides is 1. The highest BCUT2D eigenvalue weighted by molar-refractivity contribution is 6.31. The van der Waals surface area contributed by atoms with Crippen LogP contribution in [0.4, 0.5) is 5.69 Å². The van der Waals surface area contributed by atoms with Crippen LogP contribution in [0.3, 0.4) is 0 Å². The highest BCUT2D eigenvalue weighted by Gasteiger charge is 2.12. The summed E-state index contributed by atoms with van der Waals surface area (Å²) in [6.45, 7) is 0. The normalized spacial score (nSPS) is 10.9. The fourth-order valence-electron chi connectivity index (χ4n) is 3.56. The third-order valence-corrected chi connectivity index (χ3v) is 5.25. The molecule has 5 rings (SSSR count). The SMILES string of the molecule is O=C(Nc1cccc(-c2cc(-c3ccccc3)c3cc(Cl)ccc3n2)c1)c1ccco1. The molecule has 3 aromatic carbocycles. The van der Waals surface area contributed by atoms with Crippen LogP contribution in [0, 0.1) is 0 Å². The number of aromatic nitrogens is 1. The Morgan fingerprint density at radius 3 is 2.48 bits per heavy atom. The summed E-state index contributed by atoms with van der Waals surface area (Å²) < 4.78 is 5.17. The summed E-state index contributed by atoms with van der Waals surface area (Å²) in [5, 5.41) is 4.53. The van der Waals surface area contributed by atoms with Gasteiger partial charge in [-0.15, -0.1) is 0 Å². The maximum absolute atomic E-state index is 12.3. The predicted octanol–water partition coefficient (Wildman–Crippen LogP) is 7.07. The van der Waals surface area contributed by atoms with Crippen molar-refractivity contribution in [2.75, 3.05) is 5.32 Å². The van der Waals surface area contributed by atoms with Crippen molar-refractivity contribution in [2.45, 2.75) is 0 Å². The zero-order valence-corrected chi connectivity index (χ0v) is 17.1. The number of pyridine rings is 1. The lowest BCUT2D eigenvalue weighted by Crippen LogP contribution is -2.10. The molecule has 1 amide bonds. The Morgan fingerprint density at radius 2 is 1.68 bits per heavy atom. The zero-order valence-electron chi connectivity index (χ0n) is 16.4. The van der Waals surface area contributed by atoms with Crippen molar-refractivity contribution in [3.63, 3.8) is 0 Å². The predicted molar refractivity (Wildman–Crippen MR) is 124 cm³/mol. The fraction of sp³-hybridized carbons (Fsp3) is 0. The number of carbonyl (C=O) groups excluding carboxylic acids is 1. The van der Waals surface area contributed by atoms with E-state index >= 15 is 0 Å². The van der Waals surface area contributed by atoms with Gasteiger partial charge in [-0.2, -0.15) is 0 Å². The van der Waals surface area contributed by atoms with Crippen molar-refractivity contribution >= 4 is 34.1 Å². The maximum Gasteiger partial charge on any atom is 0.291 e. The lowest BCUT2D eigenvalue weighted by Gasteiger charge is -2.12. The number of hydrogen-bond donors (Lipinski definition) is 1. The van der Waals surface area contributed by atoms with Crippen molar-refractivity contribution in [1.82, 2.24) is 4.98 Å². The number of benzene rings is 3. The van der Waals surface area contributed by atoms with Gasteiger partial charge in [-0.3, -0.25) is 4.79 Å². The van der Waals surface area contributed by atoms with Crippen molar-refractivity contribution in [2.24, 2.45) is 0 Å². The Kier molecular flexibility index (Phi) is 4.98. The minimum absolute atomic E-state index is 0.262. The van der Waals surface area contributed by atoms with Crippen LogP contribution >= 0.6 is 11.6 Å². The summed E-state index contributed by atoms with van der Waals surface area (Å²) in [5.41, 5.74) is 5.35. The number of halogens is 1. The first-order chi connectivity index (χ1) is 15.2. The molecule has 0 aliphatic rings. The van der Waals surface area contributed by atoms with Gasteiger partial charge in [0.25, 0.3) is 5.91 Å². The lowest BCUT2D eigenvalue weighted by molar-refractivity contribution is 0.0996. The van der Waals surface area contributed by atoms with Crippen LogP contribution in [0.2, 0.25) is 5.02 Å². The van der Waals surface area contributed by atoms with Gasteiger partial charge in [0.1, 0.15) is 0 Å². The Hall–Kier alpha value is -3.89. The minimum Gasteiger partial charge on any atom is -0.459 e. The number of hydrogen-bond acceptors (Lipinski definition) is 3. The second-order valence-electron chi connectivity index (χ2n) is 7.09. The largest absolute Gasteiger partial charge is 0.459 e. The van der Waals surface area contributed by atoms with Crippen LogP contribution in [0.25, 0.3) is 33.3 Å². The van der Waals surface area contributed by atoms with Gasteiger partial charge in [0.15, 0.2) is 5.76 Å². The van der Waals surface area contributed by atoms with Gasteiger partial charge in [0.2, 0.25) is 0 Å². The molecule has 31 heavy (non-hydrogen) atoms. The van der Waals surface area contributed by atoms with E-state index in [0.717, 1.165) is 33.3 Å².